The highest BCUT2D eigenvalue weighted by Crippen LogP contribution is 2.38. The lowest BCUT2D eigenvalue weighted by Gasteiger charge is -2.49. The van der Waals surface area contributed by atoms with Gasteiger partial charge in [-0.15, -0.1) is 0 Å². The van der Waals surface area contributed by atoms with Gasteiger partial charge in [0.15, 0.2) is 5.58 Å². The lowest BCUT2D eigenvalue weighted by atomic mass is 9.86. The molecule has 2 amide bonds. The second kappa shape index (κ2) is 8.03. The Morgan fingerprint density at radius 2 is 1.68 bits per heavy atom. The van der Waals surface area contributed by atoms with Crippen LogP contribution in [0.3, 0.4) is 0 Å². The van der Waals surface area contributed by atoms with Gasteiger partial charge in [0.2, 0.25) is 5.91 Å². The van der Waals surface area contributed by atoms with E-state index in [0.717, 1.165) is 55.4 Å². The standard InChI is InChI=1S/C25H35N3O3/c1-17-14-20-22(31-17)15-21-23(29)28(19-12-8-5-9-13-19)25(2,16-27(20)21)24(30)26-18-10-6-3-4-7-11-18/h14-15,18-19H,3-13,16H2,1-2H3,(H,26,30)/t25-/m1/s1. The molecule has 6 heteroatoms. The Balaban J connectivity index is 1.52. The molecule has 168 valence electrons. The molecule has 31 heavy (non-hydrogen) atoms. The van der Waals surface area contributed by atoms with Crippen molar-refractivity contribution < 1.29 is 14.0 Å². The Bertz CT molecular complexity index is 976. The van der Waals surface area contributed by atoms with Crippen molar-refractivity contribution in [1.82, 2.24) is 14.8 Å². The van der Waals surface area contributed by atoms with E-state index in [1.54, 1.807) is 0 Å². The minimum atomic E-state index is -0.893. The van der Waals surface area contributed by atoms with Crippen molar-refractivity contribution in [1.29, 1.82) is 0 Å². The fourth-order valence-corrected chi connectivity index (χ4v) is 6.10. The summed E-state index contributed by atoms with van der Waals surface area (Å²) in [5.41, 5.74) is 1.41. The summed E-state index contributed by atoms with van der Waals surface area (Å²) in [5, 5.41) is 3.37. The zero-order valence-electron chi connectivity index (χ0n) is 18.9. The van der Waals surface area contributed by atoms with E-state index < -0.39 is 5.54 Å². The largest absolute Gasteiger partial charge is 0.460 e. The average Bonchev–Trinajstić information content (AvgIpc) is 3.14. The number of nitrogens with one attached hydrogen (secondary N) is 1. The van der Waals surface area contributed by atoms with Crippen LogP contribution in [0.4, 0.5) is 0 Å². The molecule has 6 nitrogen and oxygen atoms in total. The number of hydrogen-bond acceptors (Lipinski definition) is 3. The fraction of sp³-hybridized carbons (Fsp3) is 0.680. The normalized spacial score (nSPS) is 26.1. The van der Waals surface area contributed by atoms with Gasteiger partial charge in [0.1, 0.15) is 17.0 Å². The molecule has 2 aromatic rings. The first-order valence-electron chi connectivity index (χ1n) is 12.2. The van der Waals surface area contributed by atoms with Crippen LogP contribution in [0.15, 0.2) is 16.5 Å². The number of amides is 2. The molecule has 1 aliphatic heterocycles. The highest BCUT2D eigenvalue weighted by molar-refractivity contribution is 6.03. The van der Waals surface area contributed by atoms with Crippen LogP contribution in [-0.2, 0) is 11.3 Å². The summed E-state index contributed by atoms with van der Waals surface area (Å²) in [4.78, 5) is 29.6. The van der Waals surface area contributed by atoms with Crippen LogP contribution in [-0.4, -0.2) is 38.9 Å². The topological polar surface area (TPSA) is 67.5 Å². The quantitative estimate of drug-likeness (QED) is 0.709. The van der Waals surface area contributed by atoms with Crippen molar-refractivity contribution >= 4 is 22.9 Å². The van der Waals surface area contributed by atoms with Gasteiger partial charge in [-0.3, -0.25) is 9.59 Å². The molecule has 3 aliphatic rings. The average molecular weight is 426 g/mol. The second-order valence-corrected chi connectivity index (χ2v) is 10.1. The molecule has 0 bridgehead atoms. The van der Waals surface area contributed by atoms with Gasteiger partial charge in [-0.05, 0) is 39.5 Å². The monoisotopic (exact) mass is 425 g/mol. The molecule has 1 N–H and O–H groups in total. The van der Waals surface area contributed by atoms with Crippen LogP contribution < -0.4 is 5.32 Å². The van der Waals surface area contributed by atoms with E-state index in [4.69, 9.17) is 4.42 Å². The fourth-order valence-electron chi connectivity index (χ4n) is 6.10. The number of hydrogen-bond donors (Lipinski definition) is 1. The lowest BCUT2D eigenvalue weighted by molar-refractivity contribution is -0.135. The van der Waals surface area contributed by atoms with Crippen LogP contribution in [0.2, 0.25) is 0 Å². The molecule has 5 rings (SSSR count). The first kappa shape index (κ1) is 20.7. The van der Waals surface area contributed by atoms with Gasteiger partial charge in [0.25, 0.3) is 5.91 Å². The van der Waals surface area contributed by atoms with Crippen LogP contribution in [0.25, 0.3) is 11.1 Å². The van der Waals surface area contributed by atoms with E-state index in [-0.39, 0.29) is 23.9 Å². The van der Waals surface area contributed by atoms with Gasteiger partial charge in [-0.25, -0.2) is 0 Å². The SMILES string of the molecule is Cc1cc2c(cc3n2C[C@](C)(C(=O)NC2CCCCCC2)N(C2CCCCC2)C3=O)o1. The number of fused-ring (bicyclic) bond motifs is 3. The number of nitrogens with zero attached hydrogens (tertiary/aromatic N) is 2. The molecule has 0 radical (unpaired) electrons. The summed E-state index contributed by atoms with van der Waals surface area (Å²) in [6, 6.07) is 4.19. The third kappa shape index (κ3) is 3.58. The predicted octanol–water partition coefficient (Wildman–Crippen LogP) is 4.93. The maximum atomic E-state index is 13.8. The number of carbonyl (C=O) groups excluding carboxylic acids is 2. The minimum absolute atomic E-state index is 0.00559. The first-order chi connectivity index (χ1) is 15.0. The summed E-state index contributed by atoms with van der Waals surface area (Å²) in [5.74, 6) is 0.804. The minimum Gasteiger partial charge on any atom is -0.460 e. The van der Waals surface area contributed by atoms with Gasteiger partial charge < -0.3 is 19.2 Å². The van der Waals surface area contributed by atoms with Crippen molar-refractivity contribution in [2.75, 3.05) is 0 Å². The molecule has 2 aromatic heterocycles. The summed E-state index contributed by atoms with van der Waals surface area (Å²) in [7, 11) is 0. The summed E-state index contributed by atoms with van der Waals surface area (Å²) in [6.07, 6.45) is 12.3. The summed E-state index contributed by atoms with van der Waals surface area (Å²) >= 11 is 0. The van der Waals surface area contributed by atoms with Crippen molar-refractivity contribution in [2.45, 2.75) is 109 Å². The summed E-state index contributed by atoms with van der Waals surface area (Å²) in [6.45, 7) is 4.38. The zero-order chi connectivity index (χ0) is 21.6. The molecule has 0 spiro atoms. The van der Waals surface area contributed by atoms with Crippen LogP contribution in [0.1, 0.15) is 93.8 Å². The Labute approximate surface area is 184 Å². The van der Waals surface area contributed by atoms with E-state index in [1.165, 1.54) is 32.1 Å². The molecule has 1 atom stereocenters. The van der Waals surface area contributed by atoms with Crippen LogP contribution >= 0.6 is 0 Å². The zero-order valence-corrected chi connectivity index (χ0v) is 18.9. The van der Waals surface area contributed by atoms with Gasteiger partial charge in [-0.1, -0.05) is 44.9 Å². The summed E-state index contributed by atoms with van der Waals surface area (Å²) < 4.78 is 7.84. The smallest absolute Gasteiger partial charge is 0.271 e. The van der Waals surface area contributed by atoms with E-state index in [2.05, 4.69) is 5.32 Å². The molecule has 2 aliphatic carbocycles. The molecular weight excluding hydrogens is 390 g/mol. The Morgan fingerprint density at radius 1 is 1.03 bits per heavy atom. The van der Waals surface area contributed by atoms with Crippen molar-refractivity contribution in [3.8, 4) is 0 Å². The Kier molecular flexibility index (Phi) is 5.35. The number of aryl methyl sites for hydroxylation is 1. The third-order valence-electron chi connectivity index (χ3n) is 7.77. The highest BCUT2D eigenvalue weighted by Gasteiger charge is 2.51. The van der Waals surface area contributed by atoms with Gasteiger partial charge in [0.05, 0.1) is 12.1 Å². The molecular formula is C25H35N3O3. The molecule has 0 saturated heterocycles. The Morgan fingerprint density at radius 3 is 2.39 bits per heavy atom. The first-order valence-corrected chi connectivity index (χ1v) is 12.2. The molecule has 3 heterocycles. The van der Waals surface area contributed by atoms with Crippen molar-refractivity contribution in [2.24, 2.45) is 0 Å². The lowest BCUT2D eigenvalue weighted by Crippen LogP contribution is -2.67. The Hall–Kier alpha value is -2.24. The van der Waals surface area contributed by atoms with Gasteiger partial charge in [0, 0.05) is 24.2 Å². The van der Waals surface area contributed by atoms with Crippen LogP contribution in [0.5, 0.6) is 0 Å². The van der Waals surface area contributed by atoms with E-state index >= 15 is 0 Å². The number of rotatable bonds is 3. The number of aromatic nitrogens is 1. The number of furan rings is 1. The maximum absolute atomic E-state index is 13.8. The predicted molar refractivity (Wildman–Crippen MR) is 120 cm³/mol. The molecule has 0 unspecified atom stereocenters. The second-order valence-electron chi connectivity index (χ2n) is 10.1. The maximum Gasteiger partial charge on any atom is 0.271 e. The molecule has 2 fully saturated rings. The van der Waals surface area contributed by atoms with E-state index in [1.807, 2.05) is 35.4 Å². The number of carbonyl (C=O) groups is 2. The van der Waals surface area contributed by atoms with Crippen molar-refractivity contribution in [3.63, 3.8) is 0 Å². The van der Waals surface area contributed by atoms with Gasteiger partial charge in [-0.2, -0.15) is 0 Å². The van der Waals surface area contributed by atoms with Crippen molar-refractivity contribution in [3.05, 3.63) is 23.6 Å². The molecule has 2 saturated carbocycles. The van der Waals surface area contributed by atoms with Crippen LogP contribution in [0, 0.1) is 6.92 Å². The third-order valence-corrected chi connectivity index (χ3v) is 7.77. The van der Waals surface area contributed by atoms with E-state index in [0.29, 0.717) is 12.2 Å². The molecule has 0 aromatic carbocycles. The van der Waals surface area contributed by atoms with E-state index in [9.17, 15) is 9.59 Å². The highest BCUT2D eigenvalue weighted by atomic mass is 16.3. The van der Waals surface area contributed by atoms with Gasteiger partial charge >= 0.3 is 0 Å².